The van der Waals surface area contributed by atoms with E-state index in [1.54, 1.807) is 0 Å². The van der Waals surface area contributed by atoms with Gasteiger partial charge < -0.3 is 5.32 Å². The minimum Gasteiger partial charge on any atom is -0.381 e. The van der Waals surface area contributed by atoms with Gasteiger partial charge in [-0.2, -0.15) is 0 Å². The van der Waals surface area contributed by atoms with Crippen LogP contribution in [0.25, 0.3) is 0 Å². The molecule has 0 aliphatic heterocycles. The third-order valence-corrected chi connectivity index (χ3v) is 4.48. The average Bonchev–Trinajstić information content (AvgIpc) is 2.72. The second kappa shape index (κ2) is 12.8. The Labute approximate surface area is 168 Å². The van der Waals surface area contributed by atoms with E-state index in [9.17, 15) is 0 Å². The van der Waals surface area contributed by atoms with Gasteiger partial charge in [0.1, 0.15) is 0 Å². The van der Waals surface area contributed by atoms with Crippen LogP contribution in [0.2, 0.25) is 0 Å². The van der Waals surface area contributed by atoms with Gasteiger partial charge in [0.05, 0.1) is 0 Å². The molecular weight excluding hydrogens is 326 g/mol. The van der Waals surface area contributed by atoms with E-state index in [1.807, 2.05) is 13.8 Å². The lowest BCUT2D eigenvalue weighted by Crippen LogP contribution is -2.00. The third-order valence-electron chi connectivity index (χ3n) is 4.48. The predicted molar refractivity (Wildman–Crippen MR) is 124 cm³/mol. The number of rotatable bonds is 4. The summed E-state index contributed by atoms with van der Waals surface area (Å²) >= 11 is 0. The average molecular weight is 364 g/mol. The van der Waals surface area contributed by atoms with Gasteiger partial charge in [0.15, 0.2) is 0 Å². The van der Waals surface area contributed by atoms with Crippen LogP contribution >= 0.6 is 0 Å². The Morgan fingerprint density at radius 1 is 0.630 bits per heavy atom. The maximum atomic E-state index is 3.47. The van der Waals surface area contributed by atoms with Gasteiger partial charge in [-0.05, 0) is 61.1 Å². The van der Waals surface area contributed by atoms with Gasteiger partial charge in [0, 0.05) is 13.7 Å². The van der Waals surface area contributed by atoms with E-state index in [1.165, 1.54) is 33.5 Å². The first-order chi connectivity index (χ1) is 13.1. The molecule has 1 heteroatoms. The van der Waals surface area contributed by atoms with Crippen molar-refractivity contribution >= 4 is 5.69 Å². The van der Waals surface area contributed by atoms with Crippen LogP contribution in [0.5, 0.6) is 0 Å². The zero-order valence-corrected chi connectivity index (χ0v) is 17.8. The van der Waals surface area contributed by atoms with Gasteiger partial charge in [-0.3, -0.25) is 0 Å². The van der Waals surface area contributed by atoms with E-state index >= 15 is 0 Å². The van der Waals surface area contributed by atoms with Gasteiger partial charge in [0.25, 0.3) is 0 Å². The summed E-state index contributed by atoms with van der Waals surface area (Å²) in [5.74, 6) is 0. The Kier molecular flexibility index (Phi) is 10.6. The third kappa shape index (κ3) is 8.13. The Morgan fingerprint density at radius 3 is 1.52 bits per heavy atom. The Hall–Kier alpha value is -2.54. The molecule has 27 heavy (non-hydrogen) atoms. The molecule has 0 heterocycles. The summed E-state index contributed by atoms with van der Waals surface area (Å²) in [5.41, 5.74) is 7.96. The molecule has 0 amide bonds. The van der Waals surface area contributed by atoms with E-state index < -0.39 is 0 Å². The van der Waals surface area contributed by atoms with Crippen LogP contribution < -0.4 is 5.32 Å². The molecule has 0 radical (unpaired) electrons. The van der Waals surface area contributed by atoms with Crippen LogP contribution in [-0.4, -0.2) is 0 Å². The van der Waals surface area contributed by atoms with E-state index in [4.69, 9.17) is 0 Å². The topological polar surface area (TPSA) is 12.0 Å². The van der Waals surface area contributed by atoms with E-state index in [0.29, 0.717) is 0 Å². The summed E-state index contributed by atoms with van der Waals surface area (Å²) in [5, 5.41) is 3.47. The molecule has 3 aromatic rings. The van der Waals surface area contributed by atoms with Gasteiger partial charge in [-0.1, -0.05) is 87.5 Å². The number of benzene rings is 3. The highest BCUT2D eigenvalue weighted by Gasteiger charge is 1.97. The molecule has 3 rings (SSSR count). The van der Waals surface area contributed by atoms with Gasteiger partial charge >= 0.3 is 0 Å². The second-order valence-corrected chi connectivity index (χ2v) is 6.42. The number of para-hydroxylation sites is 1. The summed E-state index contributed by atoms with van der Waals surface area (Å²) < 4.78 is 0. The van der Waals surface area contributed by atoms with Crippen molar-refractivity contribution in [1.82, 2.24) is 0 Å². The lowest BCUT2D eigenvalue weighted by molar-refractivity contribution is 1.10. The van der Waals surface area contributed by atoms with Crippen molar-refractivity contribution in [3.8, 4) is 0 Å². The van der Waals surface area contributed by atoms with Crippen molar-refractivity contribution < 1.29 is 1.43 Å². The largest absolute Gasteiger partial charge is 0.381 e. The van der Waals surface area contributed by atoms with Crippen molar-refractivity contribution in [1.29, 1.82) is 0 Å². The highest BCUT2D eigenvalue weighted by Crippen LogP contribution is 2.15. The molecule has 0 aliphatic carbocycles. The van der Waals surface area contributed by atoms with Gasteiger partial charge in [-0.15, -0.1) is 0 Å². The molecule has 0 unspecified atom stereocenters. The second-order valence-electron chi connectivity index (χ2n) is 6.42. The standard InChI is InChI=1S/C16H19N.C8H10.C2H6.H2/c1-3-14-8-10-15(11-9-14)12-17-16-7-5-4-6-13(16)2;1-7-5-3-4-6-8(7)2;1-2;/h4-11,17H,3,12H2,1-2H3;3-6H,1-2H3;1-2H3;1H. The molecule has 0 atom stereocenters. The number of hydrogen-bond donors (Lipinski definition) is 1. The maximum absolute atomic E-state index is 3.47. The van der Waals surface area contributed by atoms with E-state index in [2.05, 4.69) is 106 Å². The van der Waals surface area contributed by atoms with Crippen LogP contribution in [0.15, 0.2) is 72.8 Å². The highest BCUT2D eigenvalue weighted by atomic mass is 14.9. The normalized spacial score (nSPS) is 9.41. The van der Waals surface area contributed by atoms with Crippen molar-refractivity contribution in [2.45, 2.75) is 54.5 Å². The number of aryl methyl sites for hydroxylation is 4. The summed E-state index contributed by atoms with van der Waals surface area (Å²) in [4.78, 5) is 0. The number of nitrogens with one attached hydrogen (secondary N) is 1. The molecule has 1 N–H and O–H groups in total. The number of hydrogen-bond acceptors (Lipinski definition) is 1. The van der Waals surface area contributed by atoms with Crippen LogP contribution in [-0.2, 0) is 13.0 Å². The van der Waals surface area contributed by atoms with Gasteiger partial charge in [-0.25, -0.2) is 0 Å². The van der Waals surface area contributed by atoms with E-state index in [-0.39, 0.29) is 1.43 Å². The van der Waals surface area contributed by atoms with Crippen LogP contribution in [0.4, 0.5) is 5.69 Å². The highest BCUT2D eigenvalue weighted by molar-refractivity contribution is 5.50. The van der Waals surface area contributed by atoms with Crippen molar-refractivity contribution in [2.75, 3.05) is 5.32 Å². The van der Waals surface area contributed by atoms with Gasteiger partial charge in [0.2, 0.25) is 0 Å². The lowest BCUT2D eigenvalue weighted by atomic mass is 10.1. The zero-order chi connectivity index (χ0) is 20.1. The molecule has 0 saturated heterocycles. The maximum Gasteiger partial charge on any atom is 0.0400 e. The molecule has 3 aromatic carbocycles. The van der Waals surface area contributed by atoms with Crippen LogP contribution in [0, 0.1) is 20.8 Å². The first-order valence-electron chi connectivity index (χ1n) is 9.99. The first kappa shape index (κ1) is 22.5. The van der Waals surface area contributed by atoms with Crippen LogP contribution in [0.3, 0.4) is 0 Å². The molecule has 0 aliphatic rings. The summed E-state index contributed by atoms with van der Waals surface area (Å²) in [6.45, 7) is 13.4. The Bertz CT molecular complexity index is 757. The molecule has 0 saturated carbocycles. The fraction of sp³-hybridized carbons (Fsp3) is 0.308. The van der Waals surface area contributed by atoms with E-state index in [0.717, 1.165) is 13.0 Å². The number of anilines is 1. The molecule has 0 aromatic heterocycles. The molecule has 146 valence electrons. The summed E-state index contributed by atoms with van der Waals surface area (Å²) in [6.07, 6.45) is 1.10. The quantitative estimate of drug-likeness (QED) is 0.499. The molecule has 0 spiro atoms. The smallest absolute Gasteiger partial charge is 0.0400 e. The van der Waals surface area contributed by atoms with Crippen molar-refractivity contribution in [3.63, 3.8) is 0 Å². The lowest BCUT2D eigenvalue weighted by Gasteiger charge is -2.09. The summed E-state index contributed by atoms with van der Waals surface area (Å²) in [7, 11) is 0. The Morgan fingerprint density at radius 2 is 1.07 bits per heavy atom. The van der Waals surface area contributed by atoms with Crippen molar-refractivity contribution in [3.05, 3.63) is 101 Å². The SMILES string of the molecule is CC.CCc1ccc(CNc2ccccc2C)cc1.Cc1ccccc1C.[HH]. The fourth-order valence-corrected chi connectivity index (χ4v) is 2.52. The molecule has 0 fully saturated rings. The predicted octanol–water partition coefficient (Wildman–Crippen LogP) is 7.75. The zero-order valence-electron chi connectivity index (χ0n) is 17.8. The van der Waals surface area contributed by atoms with Crippen LogP contribution in [0.1, 0.15) is 50.0 Å². The summed E-state index contributed by atoms with van der Waals surface area (Å²) in [6, 6.07) is 25.5. The molecule has 0 bridgehead atoms. The minimum absolute atomic E-state index is 0. The first-order valence-corrected chi connectivity index (χ1v) is 9.99. The minimum atomic E-state index is 0. The molecule has 1 nitrogen and oxygen atoms in total. The monoisotopic (exact) mass is 363 g/mol. The Balaban J connectivity index is 0.000000560. The molecular formula is C26H37N. The van der Waals surface area contributed by atoms with Crippen molar-refractivity contribution in [2.24, 2.45) is 0 Å². The fourth-order valence-electron chi connectivity index (χ4n) is 2.52.